The SMILES string of the molecule is O=C(c1cn[nH]n1)N(CCc1ccc(Cl)cc1)CC1CC1. The van der Waals surface area contributed by atoms with Gasteiger partial charge in [0.05, 0.1) is 6.20 Å². The molecule has 21 heavy (non-hydrogen) atoms. The van der Waals surface area contributed by atoms with Crippen molar-refractivity contribution in [3.8, 4) is 0 Å². The number of hydrogen-bond donors (Lipinski definition) is 1. The zero-order valence-corrected chi connectivity index (χ0v) is 12.4. The molecule has 0 atom stereocenters. The van der Waals surface area contributed by atoms with Crippen LogP contribution in [0.3, 0.4) is 0 Å². The average Bonchev–Trinajstić information content (AvgIpc) is 3.14. The van der Waals surface area contributed by atoms with Gasteiger partial charge in [0.25, 0.3) is 5.91 Å². The fraction of sp³-hybridized carbons (Fsp3) is 0.400. The molecule has 0 spiro atoms. The molecule has 1 aromatic heterocycles. The van der Waals surface area contributed by atoms with Crippen LogP contribution in [0.4, 0.5) is 0 Å². The first-order chi connectivity index (χ1) is 10.2. The van der Waals surface area contributed by atoms with Crippen LogP contribution in [0.2, 0.25) is 5.02 Å². The number of nitrogens with zero attached hydrogens (tertiary/aromatic N) is 3. The summed E-state index contributed by atoms with van der Waals surface area (Å²) in [4.78, 5) is 14.3. The van der Waals surface area contributed by atoms with Crippen molar-refractivity contribution in [2.45, 2.75) is 19.3 Å². The van der Waals surface area contributed by atoms with E-state index in [0.29, 0.717) is 18.2 Å². The fourth-order valence-corrected chi connectivity index (χ4v) is 2.40. The number of nitrogens with one attached hydrogen (secondary N) is 1. The van der Waals surface area contributed by atoms with Crippen molar-refractivity contribution in [1.29, 1.82) is 0 Å². The molecule has 6 heteroatoms. The number of carbonyl (C=O) groups excluding carboxylic acids is 1. The van der Waals surface area contributed by atoms with Gasteiger partial charge in [0.15, 0.2) is 5.69 Å². The molecule has 1 fully saturated rings. The monoisotopic (exact) mass is 304 g/mol. The highest BCUT2D eigenvalue weighted by Gasteiger charge is 2.27. The van der Waals surface area contributed by atoms with Gasteiger partial charge in [-0.05, 0) is 42.9 Å². The van der Waals surface area contributed by atoms with E-state index in [1.165, 1.54) is 24.6 Å². The summed E-state index contributed by atoms with van der Waals surface area (Å²) in [5.41, 5.74) is 1.56. The van der Waals surface area contributed by atoms with E-state index in [1.54, 1.807) is 0 Å². The van der Waals surface area contributed by atoms with Gasteiger partial charge in [-0.15, -0.1) is 0 Å². The molecule has 110 valence electrons. The Bertz CT molecular complexity index is 593. The van der Waals surface area contributed by atoms with Crippen LogP contribution < -0.4 is 0 Å². The van der Waals surface area contributed by atoms with Crippen LogP contribution >= 0.6 is 11.6 Å². The molecular weight excluding hydrogens is 288 g/mol. The van der Waals surface area contributed by atoms with Crippen molar-refractivity contribution in [2.75, 3.05) is 13.1 Å². The van der Waals surface area contributed by atoms with Crippen molar-refractivity contribution < 1.29 is 4.79 Å². The van der Waals surface area contributed by atoms with Crippen molar-refractivity contribution in [3.63, 3.8) is 0 Å². The van der Waals surface area contributed by atoms with Crippen molar-refractivity contribution in [3.05, 3.63) is 46.7 Å². The molecule has 1 saturated carbocycles. The lowest BCUT2D eigenvalue weighted by Gasteiger charge is -2.21. The topological polar surface area (TPSA) is 61.9 Å². The molecule has 0 radical (unpaired) electrons. The summed E-state index contributed by atoms with van der Waals surface area (Å²) in [5.74, 6) is 0.593. The first-order valence-electron chi connectivity index (χ1n) is 7.12. The Labute approximate surface area is 128 Å². The lowest BCUT2D eigenvalue weighted by Crippen LogP contribution is -2.35. The maximum absolute atomic E-state index is 12.4. The standard InChI is InChI=1S/C15H17ClN4O/c16-13-5-3-11(4-6-13)7-8-20(10-12-1-2-12)15(21)14-9-17-19-18-14/h3-6,9,12H,1-2,7-8,10H2,(H,17,18,19). The second-order valence-corrected chi connectivity index (χ2v) is 5.86. The smallest absolute Gasteiger partial charge is 0.276 e. The van der Waals surface area contributed by atoms with Crippen LogP contribution in [0, 0.1) is 5.92 Å². The summed E-state index contributed by atoms with van der Waals surface area (Å²) < 4.78 is 0. The van der Waals surface area contributed by atoms with Gasteiger partial charge >= 0.3 is 0 Å². The first-order valence-corrected chi connectivity index (χ1v) is 7.49. The number of benzene rings is 1. The van der Waals surface area contributed by atoms with Gasteiger partial charge in [-0.3, -0.25) is 4.79 Å². The Kier molecular flexibility index (Phi) is 4.20. The molecule has 1 amide bonds. The zero-order valence-electron chi connectivity index (χ0n) is 11.6. The molecule has 0 bridgehead atoms. The highest BCUT2D eigenvalue weighted by molar-refractivity contribution is 6.30. The average molecular weight is 305 g/mol. The van der Waals surface area contributed by atoms with Gasteiger partial charge in [-0.1, -0.05) is 23.7 Å². The predicted octanol–water partition coefficient (Wildman–Crippen LogP) is 2.55. The van der Waals surface area contributed by atoms with E-state index in [2.05, 4.69) is 15.4 Å². The van der Waals surface area contributed by atoms with Crippen LogP contribution in [0.1, 0.15) is 28.9 Å². The minimum absolute atomic E-state index is 0.0513. The van der Waals surface area contributed by atoms with Gasteiger partial charge in [-0.25, -0.2) is 0 Å². The summed E-state index contributed by atoms with van der Waals surface area (Å²) in [6.45, 7) is 1.49. The summed E-state index contributed by atoms with van der Waals surface area (Å²) in [6.07, 6.45) is 4.71. The van der Waals surface area contributed by atoms with E-state index in [-0.39, 0.29) is 5.91 Å². The van der Waals surface area contributed by atoms with E-state index in [4.69, 9.17) is 11.6 Å². The van der Waals surface area contributed by atoms with Crippen LogP contribution in [-0.2, 0) is 6.42 Å². The second-order valence-electron chi connectivity index (χ2n) is 5.43. The fourth-order valence-electron chi connectivity index (χ4n) is 2.27. The van der Waals surface area contributed by atoms with Gasteiger partial charge in [0, 0.05) is 18.1 Å². The number of rotatable bonds is 6. The van der Waals surface area contributed by atoms with Crippen LogP contribution in [-0.4, -0.2) is 39.3 Å². The van der Waals surface area contributed by atoms with E-state index < -0.39 is 0 Å². The summed E-state index contributed by atoms with van der Waals surface area (Å²) in [5, 5.41) is 10.8. The quantitative estimate of drug-likeness (QED) is 0.892. The number of aromatic nitrogens is 3. The van der Waals surface area contributed by atoms with E-state index in [1.807, 2.05) is 29.2 Å². The van der Waals surface area contributed by atoms with Crippen molar-refractivity contribution >= 4 is 17.5 Å². The maximum Gasteiger partial charge on any atom is 0.276 e. The molecular formula is C15H17ClN4O. The third-order valence-electron chi connectivity index (χ3n) is 3.68. The van der Waals surface area contributed by atoms with E-state index in [0.717, 1.165) is 18.0 Å². The Morgan fingerprint density at radius 1 is 1.33 bits per heavy atom. The van der Waals surface area contributed by atoms with E-state index >= 15 is 0 Å². The number of hydrogen-bond acceptors (Lipinski definition) is 3. The van der Waals surface area contributed by atoms with Crippen molar-refractivity contribution in [2.24, 2.45) is 5.92 Å². The van der Waals surface area contributed by atoms with Gasteiger partial charge in [0.2, 0.25) is 0 Å². The maximum atomic E-state index is 12.4. The number of amides is 1. The molecule has 0 unspecified atom stereocenters. The molecule has 1 aliphatic rings. The lowest BCUT2D eigenvalue weighted by atomic mass is 10.1. The molecule has 1 heterocycles. The zero-order chi connectivity index (χ0) is 14.7. The largest absolute Gasteiger partial charge is 0.337 e. The van der Waals surface area contributed by atoms with Gasteiger partial charge < -0.3 is 4.90 Å². The van der Waals surface area contributed by atoms with Crippen LogP contribution in [0.15, 0.2) is 30.5 Å². The Hall–Kier alpha value is -1.88. The third-order valence-corrected chi connectivity index (χ3v) is 3.93. The number of halogens is 1. The molecule has 1 N–H and O–H groups in total. The van der Waals surface area contributed by atoms with Crippen molar-refractivity contribution in [1.82, 2.24) is 20.3 Å². The Morgan fingerprint density at radius 3 is 2.71 bits per heavy atom. The van der Waals surface area contributed by atoms with Crippen LogP contribution in [0.5, 0.6) is 0 Å². The molecule has 0 aliphatic heterocycles. The predicted molar refractivity (Wildman–Crippen MR) is 80.2 cm³/mol. The molecule has 0 saturated heterocycles. The first kappa shape index (κ1) is 14.1. The lowest BCUT2D eigenvalue weighted by molar-refractivity contribution is 0.0743. The normalized spacial score (nSPS) is 14.1. The Balaban J connectivity index is 1.64. The number of carbonyl (C=O) groups is 1. The molecule has 3 rings (SSSR count). The molecule has 1 aliphatic carbocycles. The van der Waals surface area contributed by atoms with Gasteiger partial charge in [0.1, 0.15) is 0 Å². The van der Waals surface area contributed by atoms with Crippen LogP contribution in [0.25, 0.3) is 0 Å². The summed E-state index contributed by atoms with van der Waals surface area (Å²) in [7, 11) is 0. The number of H-pyrrole nitrogens is 1. The van der Waals surface area contributed by atoms with Gasteiger partial charge in [-0.2, -0.15) is 15.4 Å². The molecule has 2 aromatic rings. The minimum atomic E-state index is -0.0513. The highest BCUT2D eigenvalue weighted by atomic mass is 35.5. The second kappa shape index (κ2) is 6.26. The third kappa shape index (κ3) is 3.82. The minimum Gasteiger partial charge on any atom is -0.337 e. The highest BCUT2D eigenvalue weighted by Crippen LogP contribution is 2.30. The molecule has 5 nitrogen and oxygen atoms in total. The Morgan fingerprint density at radius 2 is 2.10 bits per heavy atom. The number of aromatic amines is 1. The van der Waals surface area contributed by atoms with E-state index in [9.17, 15) is 4.79 Å². The molecule has 1 aromatic carbocycles. The summed E-state index contributed by atoms with van der Waals surface area (Å²) >= 11 is 5.89. The summed E-state index contributed by atoms with van der Waals surface area (Å²) in [6, 6.07) is 7.75.